The van der Waals surface area contributed by atoms with Crippen molar-refractivity contribution in [2.75, 3.05) is 28.4 Å². The van der Waals surface area contributed by atoms with Crippen LogP contribution in [0.25, 0.3) is 0 Å². The zero-order valence-electron chi connectivity index (χ0n) is 21.4. The van der Waals surface area contributed by atoms with Crippen molar-refractivity contribution in [3.63, 3.8) is 0 Å². The minimum absolute atomic E-state index is 0.00456. The van der Waals surface area contributed by atoms with Gasteiger partial charge in [0.2, 0.25) is 5.75 Å². The molecule has 0 spiro atoms. The molecule has 1 heterocycles. The summed E-state index contributed by atoms with van der Waals surface area (Å²) in [5.41, 5.74) is 1.13. The van der Waals surface area contributed by atoms with Crippen LogP contribution in [0.4, 0.5) is 0 Å². The molecule has 1 aromatic heterocycles. The molecular formula is C27H31NO9. The lowest BCUT2D eigenvalue weighted by Gasteiger charge is -2.23. The predicted molar refractivity (Wildman–Crippen MR) is 135 cm³/mol. The number of methoxy groups -OCH3 is 4. The van der Waals surface area contributed by atoms with E-state index in [9.17, 15) is 24.9 Å². The minimum Gasteiger partial charge on any atom is -0.507 e. The standard InChI is InChI=1S/C27H31NO9/c1-15-12-21(31)24(27(33)28(15)11-10-16-6-8-19(29)20(30)13-16)18(14-23(32)35-3)17-7-9-22(34-2)26(37-5)25(17)36-4/h6-9,12-13,18,29-31H,10-11,14H2,1-5H3/t18-/m0/s1. The second-order valence-electron chi connectivity index (χ2n) is 8.37. The molecule has 0 amide bonds. The number of phenolic OH excluding ortho intramolecular Hbond substituents is 2. The van der Waals surface area contributed by atoms with E-state index in [0.717, 1.165) is 0 Å². The third kappa shape index (κ3) is 5.58. The molecule has 198 valence electrons. The maximum Gasteiger partial charge on any atom is 0.306 e. The second kappa shape index (κ2) is 11.6. The quantitative estimate of drug-likeness (QED) is 0.276. The number of phenols is 2. The van der Waals surface area contributed by atoms with E-state index < -0.39 is 17.4 Å². The zero-order valence-corrected chi connectivity index (χ0v) is 21.4. The van der Waals surface area contributed by atoms with Crippen LogP contribution >= 0.6 is 0 Å². The summed E-state index contributed by atoms with van der Waals surface area (Å²) in [5, 5.41) is 30.3. The molecule has 0 fully saturated rings. The Morgan fingerprint density at radius 3 is 2.19 bits per heavy atom. The number of carbonyl (C=O) groups is 1. The summed E-state index contributed by atoms with van der Waals surface area (Å²) in [7, 11) is 5.58. The highest BCUT2D eigenvalue weighted by molar-refractivity contribution is 5.72. The Labute approximate surface area is 214 Å². The van der Waals surface area contributed by atoms with Crippen molar-refractivity contribution in [2.45, 2.75) is 32.2 Å². The number of hydrogen-bond acceptors (Lipinski definition) is 9. The van der Waals surface area contributed by atoms with Gasteiger partial charge in [0.1, 0.15) is 5.75 Å². The summed E-state index contributed by atoms with van der Waals surface area (Å²) in [6.45, 7) is 1.90. The van der Waals surface area contributed by atoms with Crippen molar-refractivity contribution in [1.82, 2.24) is 4.57 Å². The largest absolute Gasteiger partial charge is 0.507 e. The van der Waals surface area contributed by atoms with Crippen LogP contribution in [0.5, 0.6) is 34.5 Å². The second-order valence-corrected chi connectivity index (χ2v) is 8.37. The molecule has 0 bridgehead atoms. The van der Waals surface area contributed by atoms with Gasteiger partial charge in [0.15, 0.2) is 23.0 Å². The Bertz CT molecular complexity index is 1350. The summed E-state index contributed by atoms with van der Waals surface area (Å²) in [6, 6.07) is 9.18. The molecule has 0 unspecified atom stereocenters. The van der Waals surface area contributed by atoms with E-state index in [1.165, 1.54) is 51.2 Å². The number of aromatic hydroxyl groups is 3. The van der Waals surface area contributed by atoms with E-state index in [-0.39, 0.29) is 47.3 Å². The number of aromatic nitrogens is 1. The third-order valence-electron chi connectivity index (χ3n) is 6.24. The highest BCUT2D eigenvalue weighted by Gasteiger charge is 2.31. The van der Waals surface area contributed by atoms with Crippen LogP contribution in [0.15, 0.2) is 41.2 Å². The molecule has 0 saturated heterocycles. The first kappa shape index (κ1) is 27.3. The summed E-state index contributed by atoms with van der Waals surface area (Å²) in [5.74, 6) is -1.37. The Balaban J connectivity index is 2.16. The number of nitrogens with zero attached hydrogens (tertiary/aromatic N) is 1. The van der Waals surface area contributed by atoms with Crippen molar-refractivity contribution in [3.8, 4) is 34.5 Å². The summed E-state index contributed by atoms with van der Waals surface area (Å²) in [6.07, 6.45) is 0.111. The Morgan fingerprint density at radius 2 is 1.59 bits per heavy atom. The molecule has 3 rings (SSSR count). The fraction of sp³-hybridized carbons (Fsp3) is 0.333. The number of rotatable bonds is 10. The minimum atomic E-state index is -0.931. The first-order chi connectivity index (χ1) is 17.7. The maximum absolute atomic E-state index is 13.8. The number of esters is 1. The Hall–Kier alpha value is -4.34. The van der Waals surface area contributed by atoms with E-state index in [0.29, 0.717) is 29.0 Å². The Morgan fingerprint density at radius 1 is 0.892 bits per heavy atom. The van der Waals surface area contributed by atoms with Gasteiger partial charge in [-0.15, -0.1) is 0 Å². The van der Waals surface area contributed by atoms with Crippen LogP contribution in [0, 0.1) is 6.92 Å². The van der Waals surface area contributed by atoms with Gasteiger partial charge in [-0.25, -0.2) is 0 Å². The van der Waals surface area contributed by atoms with Crippen LogP contribution in [0.3, 0.4) is 0 Å². The van der Waals surface area contributed by atoms with Crippen LogP contribution < -0.4 is 19.8 Å². The molecule has 3 aromatic rings. The highest BCUT2D eigenvalue weighted by atomic mass is 16.5. The van der Waals surface area contributed by atoms with Crippen molar-refractivity contribution >= 4 is 5.97 Å². The van der Waals surface area contributed by atoms with Crippen molar-refractivity contribution < 1.29 is 39.1 Å². The molecule has 0 aliphatic rings. The summed E-state index contributed by atoms with van der Waals surface area (Å²) in [4.78, 5) is 26.2. The highest BCUT2D eigenvalue weighted by Crippen LogP contribution is 2.46. The molecule has 10 nitrogen and oxygen atoms in total. The van der Waals surface area contributed by atoms with Crippen molar-refractivity contribution in [1.29, 1.82) is 0 Å². The van der Waals surface area contributed by atoms with Crippen molar-refractivity contribution in [2.24, 2.45) is 0 Å². The molecular weight excluding hydrogens is 482 g/mol. The zero-order chi connectivity index (χ0) is 27.3. The van der Waals surface area contributed by atoms with Crippen molar-refractivity contribution in [3.05, 3.63) is 69.1 Å². The molecule has 3 N–H and O–H groups in total. The average Bonchev–Trinajstić information content (AvgIpc) is 2.88. The van der Waals surface area contributed by atoms with Gasteiger partial charge in [0, 0.05) is 23.7 Å². The molecule has 10 heteroatoms. The SMILES string of the molecule is COC(=O)C[C@@H](c1ccc(OC)c(OC)c1OC)c1c(O)cc(C)n(CCc2ccc(O)c(O)c2)c1=O. The van der Waals surface area contributed by atoms with E-state index in [4.69, 9.17) is 18.9 Å². The lowest BCUT2D eigenvalue weighted by Crippen LogP contribution is -2.29. The van der Waals surface area contributed by atoms with E-state index in [2.05, 4.69) is 0 Å². The Kier molecular flexibility index (Phi) is 8.54. The van der Waals surface area contributed by atoms with Crippen LogP contribution in [-0.2, 0) is 22.5 Å². The van der Waals surface area contributed by atoms with Gasteiger partial charge in [-0.05, 0) is 43.2 Å². The molecule has 0 aliphatic heterocycles. The number of hydrogen-bond donors (Lipinski definition) is 3. The fourth-order valence-electron chi connectivity index (χ4n) is 4.36. The van der Waals surface area contributed by atoms with Crippen LogP contribution in [-0.4, -0.2) is 54.3 Å². The number of ether oxygens (including phenoxy) is 4. The predicted octanol–water partition coefficient (Wildman–Crippen LogP) is 3.24. The number of pyridine rings is 1. The first-order valence-corrected chi connectivity index (χ1v) is 11.5. The van der Waals surface area contributed by atoms with Crippen LogP contribution in [0.1, 0.15) is 34.7 Å². The van der Waals surface area contributed by atoms with Gasteiger partial charge in [-0.2, -0.15) is 0 Å². The van der Waals surface area contributed by atoms with Gasteiger partial charge in [0.05, 0.1) is 40.4 Å². The number of carbonyl (C=O) groups excluding carboxylic acids is 1. The fourth-order valence-corrected chi connectivity index (χ4v) is 4.36. The summed E-state index contributed by atoms with van der Waals surface area (Å²) < 4.78 is 22.8. The number of aryl methyl sites for hydroxylation is 2. The molecule has 0 saturated carbocycles. The lowest BCUT2D eigenvalue weighted by molar-refractivity contribution is -0.140. The summed E-state index contributed by atoms with van der Waals surface area (Å²) >= 11 is 0. The first-order valence-electron chi connectivity index (χ1n) is 11.5. The smallest absolute Gasteiger partial charge is 0.306 e. The molecule has 0 aliphatic carbocycles. The normalized spacial score (nSPS) is 11.6. The van der Waals surface area contributed by atoms with E-state index in [1.807, 2.05) is 0 Å². The number of benzene rings is 2. The van der Waals surface area contributed by atoms with Gasteiger partial charge in [-0.1, -0.05) is 12.1 Å². The topological polar surface area (TPSA) is 137 Å². The van der Waals surface area contributed by atoms with Crippen LogP contribution in [0.2, 0.25) is 0 Å². The van der Waals surface area contributed by atoms with Gasteiger partial charge in [0.25, 0.3) is 5.56 Å². The molecule has 0 radical (unpaired) electrons. The van der Waals surface area contributed by atoms with Gasteiger partial charge < -0.3 is 38.8 Å². The average molecular weight is 514 g/mol. The lowest BCUT2D eigenvalue weighted by atomic mass is 9.87. The van der Waals surface area contributed by atoms with E-state index >= 15 is 0 Å². The van der Waals surface area contributed by atoms with E-state index in [1.54, 1.807) is 25.1 Å². The third-order valence-corrected chi connectivity index (χ3v) is 6.24. The van der Waals surface area contributed by atoms with Gasteiger partial charge >= 0.3 is 5.97 Å². The van der Waals surface area contributed by atoms with Gasteiger partial charge in [-0.3, -0.25) is 9.59 Å². The monoisotopic (exact) mass is 513 g/mol. The maximum atomic E-state index is 13.8. The molecule has 1 atom stereocenters. The molecule has 2 aromatic carbocycles. The molecule has 37 heavy (non-hydrogen) atoms.